The number of carbonyl (C=O) groups is 1. The molecule has 0 aromatic carbocycles. The van der Waals surface area contributed by atoms with E-state index in [0.29, 0.717) is 6.54 Å². The summed E-state index contributed by atoms with van der Waals surface area (Å²) in [5, 5.41) is 3.19. The van der Waals surface area contributed by atoms with Crippen LogP contribution in [0.3, 0.4) is 0 Å². The summed E-state index contributed by atoms with van der Waals surface area (Å²) in [5.41, 5.74) is 0.958. The summed E-state index contributed by atoms with van der Waals surface area (Å²) in [7, 11) is 0. The third kappa shape index (κ3) is 4.15. The summed E-state index contributed by atoms with van der Waals surface area (Å²) < 4.78 is 0. The van der Waals surface area contributed by atoms with E-state index in [1.165, 1.54) is 0 Å². The van der Waals surface area contributed by atoms with Gasteiger partial charge in [-0.25, -0.2) is 0 Å². The van der Waals surface area contributed by atoms with E-state index >= 15 is 0 Å². The van der Waals surface area contributed by atoms with Gasteiger partial charge in [-0.1, -0.05) is 6.07 Å². The average molecular weight is 235 g/mol. The predicted molar refractivity (Wildman–Crippen MR) is 68.6 cm³/mol. The Morgan fingerprint density at radius 2 is 2.12 bits per heavy atom. The standard InChI is InChI=1S/C13H21N3O/c1-4-16(5-2)13(17)10-15-11(3)12-8-6-7-9-14-12/h6-9,11,15H,4-5,10H2,1-3H3. The Labute approximate surface area is 103 Å². The van der Waals surface area contributed by atoms with Gasteiger partial charge in [0.05, 0.1) is 12.2 Å². The van der Waals surface area contributed by atoms with Gasteiger partial charge in [-0.15, -0.1) is 0 Å². The Morgan fingerprint density at radius 1 is 1.41 bits per heavy atom. The first-order chi connectivity index (χ1) is 8.19. The van der Waals surface area contributed by atoms with Gasteiger partial charge < -0.3 is 10.2 Å². The minimum atomic E-state index is 0.0933. The van der Waals surface area contributed by atoms with Gasteiger partial charge in [0, 0.05) is 25.3 Å². The molecule has 1 N–H and O–H groups in total. The fourth-order valence-corrected chi connectivity index (χ4v) is 1.67. The highest BCUT2D eigenvalue weighted by atomic mass is 16.2. The highest BCUT2D eigenvalue weighted by Crippen LogP contribution is 2.07. The fourth-order valence-electron chi connectivity index (χ4n) is 1.67. The van der Waals surface area contributed by atoms with Crippen LogP contribution in [0.1, 0.15) is 32.5 Å². The fraction of sp³-hybridized carbons (Fsp3) is 0.538. The number of nitrogens with one attached hydrogen (secondary N) is 1. The number of pyridine rings is 1. The molecule has 94 valence electrons. The molecule has 4 heteroatoms. The molecule has 1 amide bonds. The van der Waals surface area contributed by atoms with E-state index < -0.39 is 0 Å². The Morgan fingerprint density at radius 3 is 2.65 bits per heavy atom. The van der Waals surface area contributed by atoms with Crippen LogP contribution in [0, 0.1) is 0 Å². The monoisotopic (exact) mass is 235 g/mol. The van der Waals surface area contributed by atoms with Gasteiger partial charge in [-0.05, 0) is 32.9 Å². The predicted octanol–water partition coefficient (Wildman–Crippen LogP) is 1.60. The molecule has 0 spiro atoms. The molecule has 0 bridgehead atoms. The maximum Gasteiger partial charge on any atom is 0.236 e. The first-order valence-electron chi connectivity index (χ1n) is 6.11. The van der Waals surface area contributed by atoms with Crippen LogP contribution in [0.5, 0.6) is 0 Å². The molecule has 1 aromatic heterocycles. The Balaban J connectivity index is 2.43. The van der Waals surface area contributed by atoms with Gasteiger partial charge in [0.25, 0.3) is 0 Å². The van der Waals surface area contributed by atoms with E-state index in [1.807, 2.05) is 43.9 Å². The number of hydrogen-bond acceptors (Lipinski definition) is 3. The van der Waals surface area contributed by atoms with Crippen molar-refractivity contribution >= 4 is 5.91 Å². The Kier molecular flexibility index (Phi) is 5.63. The van der Waals surface area contributed by atoms with E-state index in [-0.39, 0.29) is 11.9 Å². The smallest absolute Gasteiger partial charge is 0.236 e. The number of hydrogen-bond donors (Lipinski definition) is 1. The molecule has 1 rings (SSSR count). The molecular formula is C13H21N3O. The van der Waals surface area contributed by atoms with E-state index in [9.17, 15) is 4.79 Å². The van der Waals surface area contributed by atoms with Crippen molar-refractivity contribution in [2.45, 2.75) is 26.8 Å². The van der Waals surface area contributed by atoms with Crippen LogP contribution in [0.15, 0.2) is 24.4 Å². The van der Waals surface area contributed by atoms with Gasteiger partial charge in [0.2, 0.25) is 5.91 Å². The maximum atomic E-state index is 11.8. The molecular weight excluding hydrogens is 214 g/mol. The van der Waals surface area contributed by atoms with Crippen LogP contribution in [0.2, 0.25) is 0 Å². The highest BCUT2D eigenvalue weighted by Gasteiger charge is 2.11. The quantitative estimate of drug-likeness (QED) is 0.814. The van der Waals surface area contributed by atoms with E-state index in [1.54, 1.807) is 6.20 Å². The van der Waals surface area contributed by atoms with Crippen molar-refractivity contribution in [1.82, 2.24) is 15.2 Å². The topological polar surface area (TPSA) is 45.2 Å². The minimum Gasteiger partial charge on any atom is -0.342 e. The van der Waals surface area contributed by atoms with E-state index in [2.05, 4.69) is 10.3 Å². The Bertz CT molecular complexity index is 336. The lowest BCUT2D eigenvalue weighted by Gasteiger charge is -2.20. The lowest BCUT2D eigenvalue weighted by atomic mass is 10.2. The second-order valence-electron chi connectivity index (χ2n) is 3.92. The number of amides is 1. The second-order valence-corrected chi connectivity index (χ2v) is 3.92. The normalized spacial score (nSPS) is 12.2. The van der Waals surface area contributed by atoms with Crippen LogP contribution in [0.25, 0.3) is 0 Å². The van der Waals surface area contributed by atoms with Crippen molar-refractivity contribution < 1.29 is 4.79 Å². The third-order valence-corrected chi connectivity index (χ3v) is 2.81. The molecule has 0 aliphatic carbocycles. The number of aromatic nitrogens is 1. The van der Waals surface area contributed by atoms with Crippen LogP contribution in [-0.4, -0.2) is 35.4 Å². The molecule has 1 atom stereocenters. The molecule has 0 fully saturated rings. The van der Waals surface area contributed by atoms with Crippen molar-refractivity contribution in [3.63, 3.8) is 0 Å². The first kappa shape index (κ1) is 13.6. The molecule has 0 saturated heterocycles. The van der Waals surface area contributed by atoms with Crippen LogP contribution < -0.4 is 5.32 Å². The summed E-state index contributed by atoms with van der Waals surface area (Å²) in [6.45, 7) is 7.87. The number of likely N-dealkylation sites (N-methyl/N-ethyl adjacent to an activating group) is 1. The first-order valence-corrected chi connectivity index (χ1v) is 6.11. The molecule has 0 radical (unpaired) electrons. The van der Waals surface area contributed by atoms with Gasteiger partial charge in [-0.3, -0.25) is 9.78 Å². The van der Waals surface area contributed by atoms with Crippen molar-refractivity contribution in [2.75, 3.05) is 19.6 Å². The van der Waals surface area contributed by atoms with Gasteiger partial charge in [0.15, 0.2) is 0 Å². The molecule has 1 unspecified atom stereocenters. The summed E-state index contributed by atoms with van der Waals surface area (Å²) in [6.07, 6.45) is 1.76. The Hall–Kier alpha value is -1.42. The lowest BCUT2D eigenvalue weighted by Crippen LogP contribution is -2.38. The minimum absolute atomic E-state index is 0.0933. The van der Waals surface area contributed by atoms with Crippen molar-refractivity contribution in [3.8, 4) is 0 Å². The zero-order chi connectivity index (χ0) is 12.7. The zero-order valence-electron chi connectivity index (χ0n) is 10.8. The van der Waals surface area contributed by atoms with Gasteiger partial charge >= 0.3 is 0 Å². The summed E-state index contributed by atoms with van der Waals surface area (Å²) in [4.78, 5) is 17.9. The molecule has 0 saturated carbocycles. The number of rotatable bonds is 6. The number of carbonyl (C=O) groups excluding carboxylic acids is 1. The third-order valence-electron chi connectivity index (χ3n) is 2.81. The van der Waals surface area contributed by atoms with Crippen LogP contribution in [-0.2, 0) is 4.79 Å². The SMILES string of the molecule is CCN(CC)C(=O)CNC(C)c1ccccn1. The van der Waals surface area contributed by atoms with Crippen molar-refractivity contribution in [3.05, 3.63) is 30.1 Å². The zero-order valence-corrected chi connectivity index (χ0v) is 10.8. The van der Waals surface area contributed by atoms with Crippen LogP contribution >= 0.6 is 0 Å². The molecule has 1 heterocycles. The maximum absolute atomic E-state index is 11.8. The van der Waals surface area contributed by atoms with Crippen molar-refractivity contribution in [1.29, 1.82) is 0 Å². The number of nitrogens with zero attached hydrogens (tertiary/aromatic N) is 2. The molecule has 4 nitrogen and oxygen atoms in total. The molecule has 1 aromatic rings. The van der Waals surface area contributed by atoms with Crippen molar-refractivity contribution in [2.24, 2.45) is 0 Å². The molecule has 0 aliphatic heterocycles. The van der Waals surface area contributed by atoms with E-state index in [0.717, 1.165) is 18.8 Å². The molecule has 0 aliphatic rings. The summed E-state index contributed by atoms with van der Waals surface area (Å²) >= 11 is 0. The summed E-state index contributed by atoms with van der Waals surface area (Å²) in [5.74, 6) is 0.137. The van der Waals surface area contributed by atoms with E-state index in [4.69, 9.17) is 0 Å². The average Bonchev–Trinajstić information content (AvgIpc) is 2.38. The van der Waals surface area contributed by atoms with Crippen LogP contribution in [0.4, 0.5) is 0 Å². The summed E-state index contributed by atoms with van der Waals surface area (Å²) in [6, 6.07) is 5.89. The largest absolute Gasteiger partial charge is 0.342 e. The van der Waals surface area contributed by atoms with Gasteiger partial charge in [0.1, 0.15) is 0 Å². The second kappa shape index (κ2) is 7.01. The lowest BCUT2D eigenvalue weighted by molar-refractivity contribution is -0.129. The van der Waals surface area contributed by atoms with Gasteiger partial charge in [-0.2, -0.15) is 0 Å². The highest BCUT2D eigenvalue weighted by molar-refractivity contribution is 5.78. The molecule has 17 heavy (non-hydrogen) atoms.